The van der Waals surface area contributed by atoms with Crippen molar-refractivity contribution in [3.8, 4) is 0 Å². The molecule has 4 N–H and O–H groups in total. The van der Waals surface area contributed by atoms with E-state index >= 15 is 0 Å². The number of rotatable bonds is 2. The van der Waals surface area contributed by atoms with Crippen molar-refractivity contribution in [3.63, 3.8) is 0 Å². The molecule has 0 aliphatic rings. The second-order valence-electron chi connectivity index (χ2n) is 1.47. The Hall–Kier alpha value is -0.740. The normalized spacial score (nSPS) is 12.5. The molecule has 0 aliphatic heterocycles. The fourth-order valence-corrected chi connectivity index (χ4v) is 0.168. The molecule has 0 aromatic heterocycles. The smallest absolute Gasteiger partial charge is 0.0554 e. The van der Waals surface area contributed by atoms with Gasteiger partial charge in [-0.2, -0.15) is 0 Å². The SMILES string of the molecule is C/C(NO)=C(\C)NO. The maximum absolute atomic E-state index is 8.18. The van der Waals surface area contributed by atoms with Crippen LogP contribution in [0.15, 0.2) is 11.4 Å². The Morgan fingerprint density at radius 1 is 1.00 bits per heavy atom. The van der Waals surface area contributed by atoms with Crippen LogP contribution in [-0.2, 0) is 0 Å². The van der Waals surface area contributed by atoms with Gasteiger partial charge in [-0.05, 0) is 13.8 Å². The van der Waals surface area contributed by atoms with Gasteiger partial charge in [0, 0.05) is 0 Å². The zero-order chi connectivity index (χ0) is 6.57. The summed E-state index contributed by atoms with van der Waals surface area (Å²) in [6.07, 6.45) is 0. The third-order valence-electron chi connectivity index (χ3n) is 0.898. The van der Waals surface area contributed by atoms with Crippen LogP contribution in [0.2, 0.25) is 0 Å². The second-order valence-corrected chi connectivity index (χ2v) is 1.47. The summed E-state index contributed by atoms with van der Waals surface area (Å²) in [7, 11) is 0. The summed E-state index contributed by atoms with van der Waals surface area (Å²) < 4.78 is 0. The first-order chi connectivity index (χ1) is 3.72. The minimum absolute atomic E-state index is 0.493. The molecular formula is C4H10N2O2. The Kier molecular flexibility index (Phi) is 2.98. The van der Waals surface area contributed by atoms with Gasteiger partial charge in [0.15, 0.2) is 0 Å². The van der Waals surface area contributed by atoms with Gasteiger partial charge in [-0.3, -0.25) is 21.4 Å². The first-order valence-electron chi connectivity index (χ1n) is 2.20. The van der Waals surface area contributed by atoms with Crippen molar-refractivity contribution in [2.24, 2.45) is 0 Å². The highest BCUT2D eigenvalue weighted by Crippen LogP contribution is 1.90. The predicted molar refractivity (Wildman–Crippen MR) is 28.2 cm³/mol. The Balaban J connectivity index is 3.83. The zero-order valence-corrected chi connectivity index (χ0v) is 4.89. The van der Waals surface area contributed by atoms with Gasteiger partial charge >= 0.3 is 0 Å². The van der Waals surface area contributed by atoms with E-state index in [9.17, 15) is 0 Å². The predicted octanol–water partition coefficient (Wildman–Crippen LogP) is 0.195. The first-order valence-corrected chi connectivity index (χ1v) is 2.20. The Morgan fingerprint density at radius 3 is 1.38 bits per heavy atom. The standard InChI is InChI=1S/C4H10N2O2/c1-3(5-7)4(2)6-8/h5-8H,1-2H3/b4-3-. The van der Waals surface area contributed by atoms with E-state index in [0.29, 0.717) is 11.4 Å². The van der Waals surface area contributed by atoms with Gasteiger partial charge in [-0.1, -0.05) is 0 Å². The molecule has 0 fully saturated rings. The van der Waals surface area contributed by atoms with Crippen LogP contribution in [-0.4, -0.2) is 10.4 Å². The summed E-state index contributed by atoms with van der Waals surface area (Å²) in [5.41, 5.74) is 4.73. The molecule has 8 heavy (non-hydrogen) atoms. The third-order valence-corrected chi connectivity index (χ3v) is 0.898. The summed E-state index contributed by atoms with van der Waals surface area (Å²) in [4.78, 5) is 0. The maximum Gasteiger partial charge on any atom is 0.0554 e. The van der Waals surface area contributed by atoms with Crippen LogP contribution in [0, 0.1) is 0 Å². The second kappa shape index (κ2) is 3.29. The maximum atomic E-state index is 8.18. The quantitative estimate of drug-likeness (QED) is 0.391. The van der Waals surface area contributed by atoms with E-state index in [1.165, 1.54) is 0 Å². The van der Waals surface area contributed by atoms with Gasteiger partial charge in [0.2, 0.25) is 0 Å². The fourth-order valence-electron chi connectivity index (χ4n) is 0.168. The summed E-state index contributed by atoms with van der Waals surface area (Å²) in [5, 5.41) is 16.4. The summed E-state index contributed by atoms with van der Waals surface area (Å²) in [5.74, 6) is 0. The molecule has 0 aromatic rings. The van der Waals surface area contributed by atoms with Crippen LogP contribution in [0.5, 0.6) is 0 Å². The van der Waals surface area contributed by atoms with Crippen molar-refractivity contribution < 1.29 is 10.4 Å². The molecule has 0 atom stereocenters. The molecule has 0 spiro atoms. The van der Waals surface area contributed by atoms with E-state index in [-0.39, 0.29) is 0 Å². The zero-order valence-electron chi connectivity index (χ0n) is 4.89. The molecule has 0 amide bonds. The highest BCUT2D eigenvalue weighted by Gasteiger charge is 1.88. The largest absolute Gasteiger partial charge is 0.291 e. The van der Waals surface area contributed by atoms with Crippen LogP contribution >= 0.6 is 0 Å². The highest BCUT2D eigenvalue weighted by molar-refractivity contribution is 5.01. The minimum Gasteiger partial charge on any atom is -0.291 e. The molecule has 0 radical (unpaired) electrons. The van der Waals surface area contributed by atoms with E-state index in [4.69, 9.17) is 10.4 Å². The number of allylic oxidation sites excluding steroid dienone is 2. The van der Waals surface area contributed by atoms with Crippen molar-refractivity contribution in [2.45, 2.75) is 13.8 Å². The Labute approximate surface area is 47.7 Å². The third kappa shape index (κ3) is 1.81. The van der Waals surface area contributed by atoms with Gasteiger partial charge < -0.3 is 0 Å². The molecular weight excluding hydrogens is 108 g/mol. The number of nitrogens with one attached hydrogen (secondary N) is 2. The Bertz CT molecular complexity index is 88.2. The molecule has 0 bridgehead atoms. The van der Waals surface area contributed by atoms with Crippen LogP contribution in [0.4, 0.5) is 0 Å². The fraction of sp³-hybridized carbons (Fsp3) is 0.500. The van der Waals surface area contributed by atoms with Gasteiger partial charge in [-0.25, -0.2) is 0 Å². The summed E-state index contributed by atoms with van der Waals surface area (Å²) in [6.45, 7) is 3.25. The molecule has 4 nitrogen and oxygen atoms in total. The lowest BCUT2D eigenvalue weighted by atomic mass is 10.4. The van der Waals surface area contributed by atoms with Crippen molar-refractivity contribution in [1.29, 1.82) is 0 Å². The van der Waals surface area contributed by atoms with Crippen molar-refractivity contribution in [3.05, 3.63) is 11.4 Å². The van der Waals surface area contributed by atoms with Gasteiger partial charge in [-0.15, -0.1) is 0 Å². The van der Waals surface area contributed by atoms with Gasteiger partial charge in [0.05, 0.1) is 11.4 Å². The van der Waals surface area contributed by atoms with Crippen LogP contribution < -0.4 is 11.0 Å². The number of hydrogen-bond donors (Lipinski definition) is 4. The lowest BCUT2D eigenvalue weighted by molar-refractivity contribution is 0.176. The molecule has 0 saturated carbocycles. The lowest BCUT2D eigenvalue weighted by Crippen LogP contribution is -2.13. The van der Waals surface area contributed by atoms with E-state index in [0.717, 1.165) is 0 Å². The van der Waals surface area contributed by atoms with Crippen LogP contribution in [0.3, 0.4) is 0 Å². The molecule has 4 heteroatoms. The number of hydrogen-bond acceptors (Lipinski definition) is 4. The topological polar surface area (TPSA) is 64.5 Å². The molecule has 0 unspecified atom stereocenters. The average molecular weight is 118 g/mol. The Morgan fingerprint density at radius 2 is 1.25 bits per heavy atom. The monoisotopic (exact) mass is 118 g/mol. The number of hydroxylamine groups is 2. The molecule has 0 rings (SSSR count). The van der Waals surface area contributed by atoms with E-state index < -0.39 is 0 Å². The van der Waals surface area contributed by atoms with E-state index in [1.807, 2.05) is 11.0 Å². The van der Waals surface area contributed by atoms with E-state index in [1.54, 1.807) is 13.8 Å². The molecule has 48 valence electrons. The van der Waals surface area contributed by atoms with Gasteiger partial charge in [0.1, 0.15) is 0 Å². The van der Waals surface area contributed by atoms with Crippen LogP contribution in [0.1, 0.15) is 13.8 Å². The molecule has 0 heterocycles. The van der Waals surface area contributed by atoms with Crippen molar-refractivity contribution in [1.82, 2.24) is 11.0 Å². The summed E-state index contributed by atoms with van der Waals surface area (Å²) >= 11 is 0. The molecule has 0 aromatic carbocycles. The van der Waals surface area contributed by atoms with Gasteiger partial charge in [0.25, 0.3) is 0 Å². The van der Waals surface area contributed by atoms with Crippen LogP contribution in [0.25, 0.3) is 0 Å². The van der Waals surface area contributed by atoms with E-state index in [2.05, 4.69) is 0 Å². The minimum atomic E-state index is 0.493. The highest BCUT2D eigenvalue weighted by atomic mass is 16.5. The lowest BCUT2D eigenvalue weighted by Gasteiger charge is -2.01. The molecule has 0 saturated heterocycles. The van der Waals surface area contributed by atoms with Crippen molar-refractivity contribution >= 4 is 0 Å². The van der Waals surface area contributed by atoms with Crippen molar-refractivity contribution in [2.75, 3.05) is 0 Å². The first kappa shape index (κ1) is 7.26. The molecule has 0 aliphatic carbocycles. The average Bonchev–Trinajstić information content (AvgIpc) is 1.84. The summed E-state index contributed by atoms with van der Waals surface area (Å²) in [6, 6.07) is 0.